The van der Waals surface area contributed by atoms with Crippen LogP contribution in [-0.2, 0) is 14.8 Å². The molecule has 1 atom stereocenters. The van der Waals surface area contributed by atoms with Gasteiger partial charge in [0.1, 0.15) is 0 Å². The van der Waals surface area contributed by atoms with E-state index in [9.17, 15) is 13.2 Å². The summed E-state index contributed by atoms with van der Waals surface area (Å²) in [5, 5.41) is 0. The molecule has 0 aromatic carbocycles. The predicted octanol–water partition coefficient (Wildman–Crippen LogP) is 0.448. The van der Waals surface area contributed by atoms with E-state index in [1.54, 1.807) is 13.8 Å². The second kappa shape index (κ2) is 5.76. The molecule has 8 heteroatoms. The highest BCUT2D eigenvalue weighted by Gasteiger charge is 2.20. The molecule has 2 N–H and O–H groups in total. The van der Waals surface area contributed by atoms with Gasteiger partial charge in [-0.3, -0.25) is 4.79 Å². The van der Waals surface area contributed by atoms with Gasteiger partial charge >= 0.3 is 4.87 Å². The first-order chi connectivity index (χ1) is 7.86. The van der Waals surface area contributed by atoms with Crippen LogP contribution in [0.4, 0.5) is 0 Å². The molecule has 0 aliphatic carbocycles. The monoisotopic (exact) mass is 280 g/mol. The van der Waals surface area contributed by atoms with Crippen LogP contribution in [-0.4, -0.2) is 32.7 Å². The van der Waals surface area contributed by atoms with Crippen molar-refractivity contribution >= 4 is 21.4 Å². The molecular formula is C9H16N2O4S2. The van der Waals surface area contributed by atoms with Gasteiger partial charge in [0.15, 0.2) is 4.21 Å². The molecule has 0 amide bonds. The minimum Gasteiger partial charge on any atom is -0.377 e. The van der Waals surface area contributed by atoms with Crippen molar-refractivity contribution in [2.45, 2.75) is 31.1 Å². The van der Waals surface area contributed by atoms with E-state index in [0.717, 1.165) is 0 Å². The Hall–Kier alpha value is -0.700. The highest BCUT2D eigenvalue weighted by atomic mass is 32.2. The third kappa shape index (κ3) is 3.91. The molecule has 0 aliphatic rings. The molecular weight excluding hydrogens is 264 g/mol. The lowest BCUT2D eigenvalue weighted by molar-refractivity contribution is 0.0799. The normalized spacial score (nSPS) is 13.8. The lowest BCUT2D eigenvalue weighted by atomic mass is 10.4. The van der Waals surface area contributed by atoms with Crippen LogP contribution < -0.4 is 9.60 Å². The maximum absolute atomic E-state index is 11.9. The van der Waals surface area contributed by atoms with Crippen LogP contribution in [0.2, 0.25) is 0 Å². The van der Waals surface area contributed by atoms with Gasteiger partial charge in [-0.25, -0.2) is 13.1 Å². The second-order valence-corrected chi connectivity index (χ2v) is 6.49. The van der Waals surface area contributed by atoms with Gasteiger partial charge in [0.2, 0.25) is 0 Å². The fourth-order valence-electron chi connectivity index (χ4n) is 1.28. The maximum Gasteiger partial charge on any atom is 0.305 e. The molecule has 1 unspecified atom stereocenters. The number of thiazole rings is 1. The minimum absolute atomic E-state index is 0.0335. The Labute approximate surface area is 104 Å². The van der Waals surface area contributed by atoms with Gasteiger partial charge in [-0.2, -0.15) is 0 Å². The lowest BCUT2D eigenvalue weighted by Crippen LogP contribution is -2.32. The van der Waals surface area contributed by atoms with Gasteiger partial charge in [0, 0.05) is 18.8 Å². The van der Waals surface area contributed by atoms with Crippen LogP contribution in [0.15, 0.2) is 9.00 Å². The van der Waals surface area contributed by atoms with Crippen molar-refractivity contribution in [3.63, 3.8) is 0 Å². The number of rotatable bonds is 6. The van der Waals surface area contributed by atoms with Gasteiger partial charge in [-0.1, -0.05) is 11.3 Å². The number of nitrogens with one attached hydrogen (secondary N) is 2. The first kappa shape index (κ1) is 14.4. The summed E-state index contributed by atoms with van der Waals surface area (Å²) in [6.07, 6.45) is -0.203. The van der Waals surface area contributed by atoms with Crippen LogP contribution >= 0.6 is 11.3 Å². The van der Waals surface area contributed by atoms with E-state index in [-0.39, 0.29) is 21.7 Å². The van der Waals surface area contributed by atoms with Gasteiger partial charge in [0.25, 0.3) is 10.0 Å². The number of hydrogen-bond acceptors (Lipinski definition) is 5. The molecule has 98 valence electrons. The van der Waals surface area contributed by atoms with Gasteiger partial charge < -0.3 is 9.72 Å². The quantitative estimate of drug-likeness (QED) is 0.792. The van der Waals surface area contributed by atoms with Crippen LogP contribution in [0.25, 0.3) is 0 Å². The summed E-state index contributed by atoms with van der Waals surface area (Å²) >= 11 is 0.684. The van der Waals surface area contributed by atoms with Crippen molar-refractivity contribution < 1.29 is 13.2 Å². The minimum atomic E-state index is -3.63. The zero-order valence-electron chi connectivity index (χ0n) is 9.94. The lowest BCUT2D eigenvalue weighted by Gasteiger charge is -2.12. The zero-order chi connectivity index (χ0) is 13.1. The summed E-state index contributed by atoms with van der Waals surface area (Å²) in [5.74, 6) is 0. The topological polar surface area (TPSA) is 88.3 Å². The van der Waals surface area contributed by atoms with Crippen molar-refractivity contribution in [3.8, 4) is 0 Å². The number of aromatic amines is 1. The molecule has 0 spiro atoms. The van der Waals surface area contributed by atoms with Crippen LogP contribution in [0.1, 0.15) is 19.5 Å². The maximum atomic E-state index is 11.9. The zero-order valence-corrected chi connectivity index (χ0v) is 11.6. The SMILES string of the molecule is CCOC(C)CNS(=O)(=O)c1sc(=O)[nH]c1C. The van der Waals surface area contributed by atoms with E-state index in [1.807, 2.05) is 6.92 Å². The molecule has 1 heterocycles. The molecule has 0 saturated carbocycles. The summed E-state index contributed by atoms with van der Waals surface area (Å²) in [4.78, 5) is 13.1. The Morgan fingerprint density at radius 2 is 2.18 bits per heavy atom. The van der Waals surface area contributed by atoms with Crippen molar-refractivity contribution in [3.05, 3.63) is 15.4 Å². The number of aryl methyl sites for hydroxylation is 1. The molecule has 0 fully saturated rings. The average molecular weight is 280 g/mol. The van der Waals surface area contributed by atoms with Crippen LogP contribution in [0, 0.1) is 6.92 Å². The molecule has 0 saturated heterocycles. The number of ether oxygens (including phenoxy) is 1. The van der Waals surface area contributed by atoms with Crippen molar-refractivity contribution in [2.75, 3.05) is 13.2 Å². The van der Waals surface area contributed by atoms with Crippen LogP contribution in [0.5, 0.6) is 0 Å². The number of hydrogen-bond donors (Lipinski definition) is 2. The molecule has 0 aliphatic heterocycles. The summed E-state index contributed by atoms with van der Waals surface area (Å²) < 4.78 is 31.4. The molecule has 0 bridgehead atoms. The summed E-state index contributed by atoms with van der Waals surface area (Å²) in [6.45, 7) is 5.88. The Morgan fingerprint density at radius 3 is 2.65 bits per heavy atom. The molecule has 1 aromatic rings. The summed E-state index contributed by atoms with van der Waals surface area (Å²) in [5.41, 5.74) is 0.358. The third-order valence-electron chi connectivity index (χ3n) is 2.04. The fourth-order valence-corrected chi connectivity index (χ4v) is 3.74. The Bertz CT molecular complexity index is 517. The molecule has 1 rings (SSSR count). The highest BCUT2D eigenvalue weighted by molar-refractivity contribution is 7.91. The summed E-state index contributed by atoms with van der Waals surface area (Å²) in [7, 11) is -3.63. The first-order valence-electron chi connectivity index (χ1n) is 5.17. The molecule has 1 aromatic heterocycles. The number of H-pyrrole nitrogens is 1. The predicted molar refractivity (Wildman–Crippen MR) is 66.0 cm³/mol. The first-order valence-corrected chi connectivity index (χ1v) is 7.47. The largest absolute Gasteiger partial charge is 0.377 e. The van der Waals surface area contributed by atoms with E-state index < -0.39 is 10.0 Å². The van der Waals surface area contributed by atoms with Gasteiger partial charge in [-0.15, -0.1) is 0 Å². The fraction of sp³-hybridized carbons (Fsp3) is 0.667. The van der Waals surface area contributed by atoms with E-state index in [0.29, 0.717) is 23.6 Å². The molecule has 17 heavy (non-hydrogen) atoms. The van der Waals surface area contributed by atoms with Gasteiger partial charge in [-0.05, 0) is 20.8 Å². The van der Waals surface area contributed by atoms with Crippen molar-refractivity contribution in [1.82, 2.24) is 9.71 Å². The number of sulfonamides is 1. The van der Waals surface area contributed by atoms with E-state index >= 15 is 0 Å². The molecule has 0 radical (unpaired) electrons. The molecule has 6 nitrogen and oxygen atoms in total. The van der Waals surface area contributed by atoms with E-state index in [1.165, 1.54) is 0 Å². The van der Waals surface area contributed by atoms with Crippen molar-refractivity contribution in [2.24, 2.45) is 0 Å². The smallest absolute Gasteiger partial charge is 0.305 e. The van der Waals surface area contributed by atoms with Crippen molar-refractivity contribution in [1.29, 1.82) is 0 Å². The number of aromatic nitrogens is 1. The Morgan fingerprint density at radius 1 is 1.53 bits per heavy atom. The Kier molecular flexibility index (Phi) is 4.87. The average Bonchev–Trinajstić information content (AvgIpc) is 2.56. The summed E-state index contributed by atoms with van der Waals surface area (Å²) in [6, 6.07) is 0. The standard InChI is InChI=1S/C9H16N2O4S2/c1-4-15-6(2)5-10-17(13,14)8-7(3)11-9(12)16-8/h6,10H,4-5H2,1-3H3,(H,11,12). The highest BCUT2D eigenvalue weighted by Crippen LogP contribution is 2.15. The van der Waals surface area contributed by atoms with E-state index in [4.69, 9.17) is 4.74 Å². The second-order valence-electron chi connectivity index (χ2n) is 3.54. The third-order valence-corrected chi connectivity index (χ3v) is 5.07. The Balaban J connectivity index is 2.76. The van der Waals surface area contributed by atoms with Crippen LogP contribution in [0.3, 0.4) is 0 Å². The van der Waals surface area contributed by atoms with E-state index in [2.05, 4.69) is 9.71 Å². The van der Waals surface area contributed by atoms with Gasteiger partial charge in [0.05, 0.1) is 6.10 Å².